The number of nitrogens with zero attached hydrogens (tertiary/aromatic N) is 3. The Labute approximate surface area is 187 Å². The predicted octanol–water partition coefficient (Wildman–Crippen LogP) is 5.93. The first-order valence-corrected chi connectivity index (χ1v) is 10.2. The number of para-hydroxylation sites is 1. The number of aromatic nitrogens is 3. The van der Waals surface area contributed by atoms with Gasteiger partial charge in [0.2, 0.25) is 0 Å². The fourth-order valence-electron chi connectivity index (χ4n) is 3.49. The quantitative estimate of drug-likeness (QED) is 0.390. The molecular formula is C23H19ClF2N4O2. The zero-order valence-electron chi connectivity index (χ0n) is 17.3. The van der Waals surface area contributed by atoms with Crippen LogP contribution in [0.3, 0.4) is 0 Å². The molecule has 0 bridgehead atoms. The van der Waals surface area contributed by atoms with Crippen molar-refractivity contribution in [3.8, 4) is 17.0 Å². The van der Waals surface area contributed by atoms with Crippen LogP contribution in [0.4, 0.5) is 14.5 Å². The molecule has 0 aliphatic rings. The Balaban J connectivity index is 1.72. The molecule has 0 aliphatic carbocycles. The van der Waals surface area contributed by atoms with Crippen LogP contribution in [0.2, 0.25) is 5.02 Å². The van der Waals surface area contributed by atoms with E-state index in [4.69, 9.17) is 16.6 Å². The van der Waals surface area contributed by atoms with Crippen molar-refractivity contribution < 1.29 is 18.3 Å². The number of ether oxygens (including phenoxy) is 1. The van der Waals surface area contributed by atoms with Crippen LogP contribution in [-0.2, 0) is 6.54 Å². The normalized spacial score (nSPS) is 11.2. The van der Waals surface area contributed by atoms with Crippen molar-refractivity contribution in [3.05, 3.63) is 71.0 Å². The third-order valence-corrected chi connectivity index (χ3v) is 5.34. The van der Waals surface area contributed by atoms with Crippen molar-refractivity contribution in [1.29, 1.82) is 0 Å². The summed E-state index contributed by atoms with van der Waals surface area (Å²) in [7, 11) is 0. The van der Waals surface area contributed by atoms with Crippen LogP contribution in [0.1, 0.15) is 23.0 Å². The van der Waals surface area contributed by atoms with Gasteiger partial charge in [0.15, 0.2) is 0 Å². The summed E-state index contributed by atoms with van der Waals surface area (Å²) < 4.78 is 31.1. The Morgan fingerprint density at radius 3 is 2.69 bits per heavy atom. The molecule has 164 valence electrons. The molecule has 0 fully saturated rings. The van der Waals surface area contributed by atoms with E-state index < -0.39 is 6.61 Å². The van der Waals surface area contributed by atoms with Crippen molar-refractivity contribution in [2.75, 3.05) is 5.32 Å². The standard InChI is InChI=1S/C23H19ClF2N4O2/c1-3-30-13(2)17(12-27-30)20-11-16(15-6-4-5-7-19(15)29-20)22(31)28-14-8-9-21(18(24)10-14)32-23(25)26/h4-12,23H,3H2,1-2H3,(H,28,31). The zero-order valence-corrected chi connectivity index (χ0v) is 18.0. The first-order valence-electron chi connectivity index (χ1n) is 9.85. The highest BCUT2D eigenvalue weighted by Crippen LogP contribution is 2.31. The van der Waals surface area contributed by atoms with Crippen molar-refractivity contribution in [1.82, 2.24) is 14.8 Å². The number of nitrogens with one attached hydrogen (secondary N) is 1. The summed E-state index contributed by atoms with van der Waals surface area (Å²) in [5, 5.41) is 7.78. The number of fused-ring (bicyclic) bond motifs is 1. The summed E-state index contributed by atoms with van der Waals surface area (Å²) >= 11 is 6.01. The minimum Gasteiger partial charge on any atom is -0.433 e. The summed E-state index contributed by atoms with van der Waals surface area (Å²) in [6, 6.07) is 13.1. The molecule has 32 heavy (non-hydrogen) atoms. The van der Waals surface area contributed by atoms with Crippen molar-refractivity contribution in [2.45, 2.75) is 27.0 Å². The number of aryl methyl sites for hydroxylation is 1. The van der Waals surface area contributed by atoms with Gasteiger partial charge in [0, 0.05) is 28.9 Å². The van der Waals surface area contributed by atoms with Crippen LogP contribution in [0.25, 0.3) is 22.2 Å². The summed E-state index contributed by atoms with van der Waals surface area (Å²) in [6.45, 7) is 1.68. The molecule has 0 saturated heterocycles. The van der Waals surface area contributed by atoms with E-state index >= 15 is 0 Å². The molecule has 0 saturated carbocycles. The Hall–Kier alpha value is -3.52. The highest BCUT2D eigenvalue weighted by atomic mass is 35.5. The minimum atomic E-state index is -2.99. The number of anilines is 1. The number of carbonyl (C=O) groups excluding carboxylic acids is 1. The molecule has 2 aromatic carbocycles. The molecule has 0 radical (unpaired) electrons. The Morgan fingerprint density at radius 2 is 2.00 bits per heavy atom. The lowest BCUT2D eigenvalue weighted by Gasteiger charge is -2.12. The SMILES string of the molecule is CCn1ncc(-c2cc(C(=O)Nc3ccc(OC(F)F)c(Cl)c3)c3ccccc3n2)c1C. The van der Waals surface area contributed by atoms with Crippen LogP contribution in [0.5, 0.6) is 5.75 Å². The Bertz CT molecular complexity index is 1310. The number of hydrogen-bond acceptors (Lipinski definition) is 4. The molecule has 6 nitrogen and oxygen atoms in total. The molecule has 4 rings (SSSR count). The third-order valence-electron chi connectivity index (χ3n) is 5.05. The number of hydrogen-bond donors (Lipinski definition) is 1. The van der Waals surface area contributed by atoms with E-state index in [0.29, 0.717) is 27.8 Å². The number of halogens is 3. The zero-order chi connectivity index (χ0) is 22.8. The molecule has 0 aliphatic heterocycles. The van der Waals surface area contributed by atoms with Gasteiger partial charge in [-0.25, -0.2) is 4.98 Å². The van der Waals surface area contributed by atoms with Gasteiger partial charge < -0.3 is 10.1 Å². The fraction of sp³-hybridized carbons (Fsp3) is 0.174. The number of pyridine rings is 1. The van der Waals surface area contributed by atoms with E-state index in [0.717, 1.165) is 17.8 Å². The highest BCUT2D eigenvalue weighted by Gasteiger charge is 2.17. The van der Waals surface area contributed by atoms with E-state index in [2.05, 4.69) is 15.2 Å². The smallest absolute Gasteiger partial charge is 0.387 e. The fourth-order valence-corrected chi connectivity index (χ4v) is 3.71. The maximum absolute atomic E-state index is 13.2. The average Bonchev–Trinajstić information content (AvgIpc) is 3.15. The van der Waals surface area contributed by atoms with E-state index in [1.165, 1.54) is 18.2 Å². The molecule has 2 aromatic heterocycles. The predicted molar refractivity (Wildman–Crippen MR) is 119 cm³/mol. The van der Waals surface area contributed by atoms with E-state index in [1.807, 2.05) is 42.8 Å². The van der Waals surface area contributed by atoms with Crippen LogP contribution >= 0.6 is 11.6 Å². The van der Waals surface area contributed by atoms with Gasteiger partial charge in [0.05, 0.1) is 28.0 Å². The Morgan fingerprint density at radius 1 is 1.22 bits per heavy atom. The lowest BCUT2D eigenvalue weighted by molar-refractivity contribution is -0.0497. The molecule has 0 spiro atoms. The van der Waals surface area contributed by atoms with Crippen molar-refractivity contribution in [2.24, 2.45) is 0 Å². The van der Waals surface area contributed by atoms with E-state index in [9.17, 15) is 13.6 Å². The Kier molecular flexibility index (Phi) is 6.05. The summed E-state index contributed by atoms with van der Waals surface area (Å²) in [6.07, 6.45) is 1.74. The van der Waals surface area contributed by atoms with Crippen molar-refractivity contribution in [3.63, 3.8) is 0 Å². The van der Waals surface area contributed by atoms with Gasteiger partial charge in [0.25, 0.3) is 5.91 Å². The molecule has 2 heterocycles. The monoisotopic (exact) mass is 456 g/mol. The van der Waals surface area contributed by atoms with Gasteiger partial charge in [-0.2, -0.15) is 13.9 Å². The lowest BCUT2D eigenvalue weighted by atomic mass is 10.0. The van der Waals surface area contributed by atoms with Gasteiger partial charge >= 0.3 is 6.61 Å². The molecule has 0 unspecified atom stereocenters. The first kappa shape index (κ1) is 21.7. The van der Waals surface area contributed by atoms with Crippen LogP contribution in [0, 0.1) is 6.92 Å². The molecule has 9 heteroatoms. The molecule has 1 amide bonds. The third kappa shape index (κ3) is 4.27. The van der Waals surface area contributed by atoms with Crippen LogP contribution in [-0.4, -0.2) is 27.3 Å². The van der Waals surface area contributed by atoms with Crippen LogP contribution < -0.4 is 10.1 Å². The highest BCUT2D eigenvalue weighted by molar-refractivity contribution is 6.32. The second kappa shape index (κ2) is 8.92. The van der Waals surface area contributed by atoms with E-state index in [1.54, 1.807) is 12.3 Å². The molecule has 1 N–H and O–H groups in total. The number of carbonyl (C=O) groups is 1. The topological polar surface area (TPSA) is 69.0 Å². The molecular weight excluding hydrogens is 438 g/mol. The van der Waals surface area contributed by atoms with Gasteiger partial charge in [-0.3, -0.25) is 9.48 Å². The molecule has 0 atom stereocenters. The summed E-state index contributed by atoms with van der Waals surface area (Å²) in [5.41, 5.74) is 3.84. The summed E-state index contributed by atoms with van der Waals surface area (Å²) in [4.78, 5) is 17.9. The van der Waals surface area contributed by atoms with Gasteiger partial charge in [-0.1, -0.05) is 29.8 Å². The number of amides is 1. The van der Waals surface area contributed by atoms with Gasteiger partial charge in [-0.05, 0) is 44.2 Å². The lowest BCUT2D eigenvalue weighted by Crippen LogP contribution is -2.13. The number of alkyl halides is 2. The number of rotatable bonds is 6. The van der Waals surface area contributed by atoms with Gasteiger partial charge in [0.1, 0.15) is 5.75 Å². The second-order valence-electron chi connectivity index (χ2n) is 7.01. The maximum Gasteiger partial charge on any atom is 0.387 e. The van der Waals surface area contributed by atoms with Crippen molar-refractivity contribution >= 4 is 34.1 Å². The second-order valence-corrected chi connectivity index (χ2v) is 7.42. The molecule has 4 aromatic rings. The van der Waals surface area contributed by atoms with Gasteiger partial charge in [-0.15, -0.1) is 0 Å². The maximum atomic E-state index is 13.2. The number of benzene rings is 2. The summed E-state index contributed by atoms with van der Waals surface area (Å²) in [5.74, 6) is -0.552. The minimum absolute atomic E-state index is 0.0361. The largest absolute Gasteiger partial charge is 0.433 e. The van der Waals surface area contributed by atoms with Crippen LogP contribution in [0.15, 0.2) is 54.7 Å². The van der Waals surface area contributed by atoms with E-state index in [-0.39, 0.29) is 16.7 Å². The first-order chi connectivity index (χ1) is 15.4. The average molecular weight is 457 g/mol.